The quantitative estimate of drug-likeness (QED) is 0.284. The lowest BCUT2D eigenvalue weighted by molar-refractivity contribution is -0.274. The molecule has 3 fully saturated rings. The largest absolute Gasteiger partial charge is 0.573 e. The van der Waals surface area contributed by atoms with Crippen LogP contribution in [0.1, 0.15) is 29.9 Å². The third kappa shape index (κ3) is 4.04. The molecule has 2 aromatic carbocycles. The standard InChI is InChI=1S/C30H23Cl2F3N2O6/c1-3-14-4-6-15(7-5-14)37-24(39)18-10-9-17-20(22(18)25(37)40)13-28(31)26(41)36(2)27(42)29(28,32)23(17)19-12-16(8-11-21(19)38)43-30(33,34)35/h3-9,11-12,18,20,22-23,38H,1,10,13H2,2H3/t18-,20+,22-,23+,28+,29-/m0/s1. The number of imide groups is 2. The number of carbonyl (C=O) groups is 4. The summed E-state index contributed by atoms with van der Waals surface area (Å²) < 4.78 is 43.4. The summed E-state index contributed by atoms with van der Waals surface area (Å²) in [5.74, 6) is -8.26. The lowest BCUT2D eigenvalue weighted by Gasteiger charge is -2.50. The maximum Gasteiger partial charge on any atom is 0.573 e. The van der Waals surface area contributed by atoms with Crippen LogP contribution in [0.25, 0.3) is 6.08 Å². The molecule has 2 aromatic rings. The maximum absolute atomic E-state index is 14.0. The Morgan fingerprint density at radius 3 is 2.33 bits per heavy atom. The molecule has 0 spiro atoms. The molecule has 0 radical (unpaired) electrons. The molecule has 2 saturated heterocycles. The van der Waals surface area contributed by atoms with Gasteiger partial charge in [-0.2, -0.15) is 0 Å². The number of phenolic OH excluding ortho intramolecular Hbond substituents is 1. The molecule has 43 heavy (non-hydrogen) atoms. The fourth-order valence-electron chi connectivity index (χ4n) is 7.06. The number of aromatic hydroxyl groups is 1. The van der Waals surface area contributed by atoms with E-state index in [2.05, 4.69) is 11.3 Å². The molecule has 0 aromatic heterocycles. The number of anilines is 1. The van der Waals surface area contributed by atoms with Gasteiger partial charge in [-0.3, -0.25) is 29.0 Å². The van der Waals surface area contributed by atoms with E-state index in [-0.39, 0.29) is 18.4 Å². The van der Waals surface area contributed by atoms with Crippen molar-refractivity contribution in [2.24, 2.45) is 17.8 Å². The molecule has 2 heterocycles. The summed E-state index contributed by atoms with van der Waals surface area (Å²) in [4.78, 5) is 52.1. The molecule has 8 nitrogen and oxygen atoms in total. The average molecular weight is 635 g/mol. The topological polar surface area (TPSA) is 104 Å². The number of amides is 4. The van der Waals surface area contributed by atoms with Gasteiger partial charge in [0.1, 0.15) is 11.5 Å². The number of alkyl halides is 5. The Bertz CT molecular complexity index is 1640. The maximum atomic E-state index is 14.0. The zero-order valence-corrected chi connectivity index (χ0v) is 23.9. The Balaban J connectivity index is 1.51. The number of phenols is 1. The number of hydrogen-bond donors (Lipinski definition) is 1. The second-order valence-electron chi connectivity index (χ2n) is 11.1. The Morgan fingerprint density at radius 1 is 1.02 bits per heavy atom. The van der Waals surface area contributed by atoms with Crippen LogP contribution in [0.5, 0.6) is 11.5 Å². The van der Waals surface area contributed by atoms with Crippen molar-refractivity contribution in [3.8, 4) is 11.5 Å². The number of allylic oxidation sites excluding steroid dienone is 2. The summed E-state index contributed by atoms with van der Waals surface area (Å²) >= 11 is 14.1. The number of ether oxygens (including phenoxy) is 1. The van der Waals surface area contributed by atoms with E-state index in [4.69, 9.17) is 23.2 Å². The van der Waals surface area contributed by atoms with Crippen molar-refractivity contribution >= 4 is 58.6 Å². The number of halogens is 5. The van der Waals surface area contributed by atoms with Gasteiger partial charge in [-0.05, 0) is 54.7 Å². The van der Waals surface area contributed by atoms with E-state index in [1.54, 1.807) is 36.4 Å². The molecule has 2 aliphatic heterocycles. The van der Waals surface area contributed by atoms with Crippen LogP contribution < -0.4 is 9.64 Å². The number of hydrogen-bond acceptors (Lipinski definition) is 6. The zero-order valence-electron chi connectivity index (χ0n) is 22.4. The molecule has 4 aliphatic rings. The molecule has 224 valence electrons. The molecule has 1 saturated carbocycles. The van der Waals surface area contributed by atoms with Crippen molar-refractivity contribution in [2.45, 2.75) is 34.9 Å². The van der Waals surface area contributed by atoms with Crippen molar-refractivity contribution in [1.82, 2.24) is 4.90 Å². The van der Waals surface area contributed by atoms with E-state index in [9.17, 15) is 37.5 Å². The summed E-state index contributed by atoms with van der Waals surface area (Å²) in [5, 5.41) is 10.9. The third-order valence-corrected chi connectivity index (χ3v) is 10.4. The molecule has 6 atom stereocenters. The van der Waals surface area contributed by atoms with Crippen molar-refractivity contribution in [2.75, 3.05) is 11.9 Å². The normalized spacial score (nSPS) is 31.9. The van der Waals surface area contributed by atoms with Crippen LogP contribution in [0, 0.1) is 17.8 Å². The molecule has 1 N–H and O–H groups in total. The number of likely N-dealkylation sites (tertiary alicyclic amines) is 1. The Morgan fingerprint density at radius 2 is 1.70 bits per heavy atom. The molecular formula is C30H23Cl2F3N2O6. The first-order valence-corrected chi connectivity index (χ1v) is 14.0. The first kappa shape index (κ1) is 29.3. The second-order valence-corrected chi connectivity index (χ2v) is 12.3. The van der Waals surface area contributed by atoms with E-state index in [1.165, 1.54) is 7.05 Å². The van der Waals surface area contributed by atoms with Gasteiger partial charge in [-0.15, -0.1) is 36.4 Å². The van der Waals surface area contributed by atoms with E-state index in [1.807, 2.05) is 0 Å². The number of fused-ring (bicyclic) bond motifs is 4. The molecule has 2 aliphatic carbocycles. The zero-order chi connectivity index (χ0) is 31.2. The number of rotatable bonds is 4. The van der Waals surface area contributed by atoms with Gasteiger partial charge >= 0.3 is 6.36 Å². The molecule has 0 bridgehead atoms. The monoisotopic (exact) mass is 634 g/mol. The minimum Gasteiger partial charge on any atom is -0.508 e. The molecule has 0 unspecified atom stereocenters. The predicted octanol–water partition coefficient (Wildman–Crippen LogP) is 5.13. The highest BCUT2D eigenvalue weighted by molar-refractivity contribution is 6.53. The van der Waals surface area contributed by atoms with E-state index >= 15 is 0 Å². The van der Waals surface area contributed by atoms with E-state index in [0.29, 0.717) is 11.3 Å². The summed E-state index contributed by atoms with van der Waals surface area (Å²) in [6.45, 7) is 3.69. The molecule has 6 rings (SSSR count). The summed E-state index contributed by atoms with van der Waals surface area (Å²) in [7, 11) is 1.18. The van der Waals surface area contributed by atoms with Crippen molar-refractivity contribution in [1.29, 1.82) is 0 Å². The lowest BCUT2D eigenvalue weighted by atomic mass is 9.56. The average Bonchev–Trinajstić information content (AvgIpc) is 3.28. The van der Waals surface area contributed by atoms with Crippen LogP contribution in [0.15, 0.2) is 60.7 Å². The van der Waals surface area contributed by atoms with Crippen molar-refractivity contribution < 1.29 is 42.2 Å². The summed E-state index contributed by atoms with van der Waals surface area (Å²) in [5.41, 5.74) is 1.17. The first-order chi connectivity index (χ1) is 20.1. The van der Waals surface area contributed by atoms with E-state index < -0.39 is 74.9 Å². The molecule has 13 heteroatoms. The van der Waals surface area contributed by atoms with E-state index in [0.717, 1.165) is 33.6 Å². The summed E-state index contributed by atoms with van der Waals surface area (Å²) in [6.07, 6.45) is -2.12. The smallest absolute Gasteiger partial charge is 0.508 e. The SMILES string of the molecule is C=Cc1ccc(N2C(=O)[C@H]3[C@H](CC=C4[C@H]3C[C@@]3(Cl)C(=O)N(C)C(=O)[C@@]3(Cl)[C@H]4c3cc(OC(F)(F)F)ccc3O)C2=O)cc1. The Hall–Kier alpha value is -3.83. The van der Waals surface area contributed by atoms with Gasteiger partial charge < -0.3 is 9.84 Å². The Kier molecular flexibility index (Phi) is 6.52. The van der Waals surface area contributed by atoms with Crippen LogP contribution in [0.2, 0.25) is 0 Å². The van der Waals surface area contributed by atoms with Gasteiger partial charge in [0.2, 0.25) is 11.8 Å². The van der Waals surface area contributed by atoms with Crippen molar-refractivity contribution in [3.63, 3.8) is 0 Å². The highest BCUT2D eigenvalue weighted by Crippen LogP contribution is 2.66. The minimum absolute atomic E-state index is 0.0402. The fraction of sp³-hybridized carbons (Fsp3) is 0.333. The molecular weight excluding hydrogens is 612 g/mol. The van der Waals surface area contributed by atoms with Gasteiger partial charge in [-0.25, -0.2) is 0 Å². The minimum atomic E-state index is -5.07. The van der Waals surface area contributed by atoms with Gasteiger partial charge in [-0.1, -0.05) is 36.4 Å². The highest BCUT2D eigenvalue weighted by atomic mass is 35.5. The highest BCUT2D eigenvalue weighted by Gasteiger charge is 2.76. The predicted molar refractivity (Wildman–Crippen MR) is 149 cm³/mol. The fourth-order valence-corrected chi connectivity index (χ4v) is 8.08. The second kappa shape index (κ2) is 9.59. The third-order valence-electron chi connectivity index (χ3n) is 8.94. The number of carbonyl (C=O) groups excluding carboxylic acids is 4. The van der Waals surface area contributed by atoms with Crippen molar-refractivity contribution in [3.05, 3.63) is 71.8 Å². The van der Waals surface area contributed by atoms with Crippen LogP contribution in [0.3, 0.4) is 0 Å². The van der Waals surface area contributed by atoms with Gasteiger partial charge in [0.05, 0.1) is 17.5 Å². The molecule has 4 amide bonds. The van der Waals surface area contributed by atoms with Gasteiger partial charge in [0.25, 0.3) is 11.8 Å². The summed E-state index contributed by atoms with van der Waals surface area (Å²) in [6, 6.07) is 9.31. The number of nitrogens with zero attached hydrogens (tertiary/aromatic N) is 2. The lowest BCUT2D eigenvalue weighted by Crippen LogP contribution is -2.60. The van der Waals surface area contributed by atoms with Gasteiger partial charge in [0.15, 0.2) is 9.75 Å². The van der Waals surface area contributed by atoms with Crippen LogP contribution >= 0.6 is 23.2 Å². The van der Waals surface area contributed by atoms with Crippen LogP contribution in [0.4, 0.5) is 18.9 Å². The first-order valence-electron chi connectivity index (χ1n) is 13.2. The number of benzene rings is 2. The van der Waals surface area contributed by atoms with Crippen LogP contribution in [-0.4, -0.2) is 56.8 Å². The van der Waals surface area contributed by atoms with Gasteiger partial charge in [0, 0.05) is 18.5 Å². The Labute approximate surface area is 253 Å². The van der Waals surface area contributed by atoms with Crippen LogP contribution in [-0.2, 0) is 19.2 Å².